The van der Waals surface area contributed by atoms with E-state index in [0.29, 0.717) is 41.6 Å². The highest BCUT2D eigenvalue weighted by atomic mass is 16.3. The van der Waals surface area contributed by atoms with Crippen molar-refractivity contribution >= 4 is 46.3 Å². The summed E-state index contributed by atoms with van der Waals surface area (Å²) in [5, 5.41) is 36.0. The largest absolute Gasteiger partial charge is 0.508 e. The zero-order valence-electron chi connectivity index (χ0n) is 35.2. The molecule has 0 radical (unpaired) electrons. The number of nitrogens with zero attached hydrogens (tertiary/aromatic N) is 1. The Morgan fingerprint density at radius 1 is 0.594 bits per heavy atom. The molecular formula is C48H54N8O8. The maximum Gasteiger partial charge on any atom is 0.247 e. The van der Waals surface area contributed by atoms with Crippen LogP contribution in [0.25, 0.3) is 10.9 Å². The second-order valence-electron chi connectivity index (χ2n) is 16.4. The van der Waals surface area contributed by atoms with E-state index in [1.807, 2.05) is 24.3 Å². The van der Waals surface area contributed by atoms with E-state index in [4.69, 9.17) is 5.73 Å². The lowest BCUT2D eigenvalue weighted by Gasteiger charge is -2.32. The van der Waals surface area contributed by atoms with Gasteiger partial charge in [0.25, 0.3) is 0 Å². The third-order valence-electron chi connectivity index (χ3n) is 11.8. The molecule has 3 heterocycles. The van der Waals surface area contributed by atoms with Gasteiger partial charge in [0.05, 0.1) is 6.10 Å². The number of aliphatic hydroxyl groups excluding tert-OH is 1. The molecule has 4 aromatic carbocycles. The summed E-state index contributed by atoms with van der Waals surface area (Å²) in [5.41, 5.74) is 8.99. The molecule has 1 aromatic heterocycles. The topological polar surface area (TPSA) is 248 Å². The van der Waals surface area contributed by atoms with Gasteiger partial charge in [-0.2, -0.15) is 0 Å². The number of fused-ring (bicyclic) bond motifs is 2. The summed E-state index contributed by atoms with van der Waals surface area (Å²) < 4.78 is 0. The number of hydrogen-bond acceptors (Lipinski definition) is 9. The lowest BCUT2D eigenvalue weighted by molar-refractivity contribution is -0.143. The third-order valence-corrected chi connectivity index (χ3v) is 11.8. The fourth-order valence-electron chi connectivity index (χ4n) is 8.38. The molecule has 7 rings (SSSR count). The van der Waals surface area contributed by atoms with E-state index < -0.39 is 77.8 Å². The van der Waals surface area contributed by atoms with E-state index in [2.05, 4.69) is 31.6 Å². The molecule has 2 saturated heterocycles. The van der Waals surface area contributed by atoms with Gasteiger partial charge in [0, 0.05) is 49.3 Å². The van der Waals surface area contributed by atoms with Crippen LogP contribution in [0, 0.1) is 0 Å². The van der Waals surface area contributed by atoms with E-state index in [0.717, 1.165) is 10.9 Å². The molecule has 2 aliphatic heterocycles. The number of unbranched alkanes of at least 4 members (excludes halogenated alkanes) is 1. The molecule has 0 saturated carbocycles. The monoisotopic (exact) mass is 870 g/mol. The number of aromatic nitrogens is 1. The molecule has 16 nitrogen and oxygen atoms in total. The van der Waals surface area contributed by atoms with Crippen molar-refractivity contribution in [2.24, 2.45) is 5.73 Å². The maximum absolute atomic E-state index is 14.7. The average Bonchev–Trinajstić information content (AvgIpc) is 3.90. The number of nitrogens with two attached hydrogens (primary N) is 1. The first kappa shape index (κ1) is 45.0. The molecule has 2 aliphatic rings. The van der Waals surface area contributed by atoms with Crippen LogP contribution in [-0.2, 0) is 48.0 Å². The third kappa shape index (κ3) is 11.1. The van der Waals surface area contributed by atoms with Gasteiger partial charge in [0.1, 0.15) is 42.0 Å². The quantitative estimate of drug-likeness (QED) is 0.0878. The van der Waals surface area contributed by atoms with Crippen LogP contribution in [0.3, 0.4) is 0 Å². The van der Waals surface area contributed by atoms with Gasteiger partial charge in [-0.3, -0.25) is 28.8 Å². The number of aromatic amines is 1. The highest BCUT2D eigenvalue weighted by Crippen LogP contribution is 2.24. The van der Waals surface area contributed by atoms with E-state index in [1.165, 1.54) is 17.0 Å². The number of aliphatic hydroxyl groups is 1. The molecule has 0 unspecified atom stereocenters. The lowest BCUT2D eigenvalue weighted by Crippen LogP contribution is -2.61. The molecule has 16 heteroatoms. The van der Waals surface area contributed by atoms with E-state index >= 15 is 0 Å². The van der Waals surface area contributed by atoms with Crippen molar-refractivity contribution in [2.75, 3.05) is 13.1 Å². The Kier molecular flexibility index (Phi) is 14.7. The number of benzene rings is 4. The number of para-hydroxylation sites is 1. The van der Waals surface area contributed by atoms with E-state index in [1.54, 1.807) is 79.0 Å². The van der Waals surface area contributed by atoms with Crippen LogP contribution in [0.4, 0.5) is 0 Å². The van der Waals surface area contributed by atoms with Crippen molar-refractivity contribution in [2.45, 2.75) is 87.3 Å². The SMILES string of the molecule is NCCCC[C@@H]1NC(=O)[C@@H](Cc2c[nH]c3ccccc23)NC(=O)[C@H](c2ccccc2)NC(=O)[C@@H]2C[C@@H](O)CN2C(=O)[C@H](Cc2ccccc2)NC(=O)[C@H](Cc2ccc(O)cc2)NC1=O. The van der Waals surface area contributed by atoms with Crippen molar-refractivity contribution < 1.29 is 39.0 Å². The van der Waals surface area contributed by atoms with Gasteiger partial charge in [-0.1, -0.05) is 91.0 Å². The normalized spacial score (nSPS) is 23.8. The zero-order valence-corrected chi connectivity index (χ0v) is 35.2. The molecule has 7 atom stereocenters. The average molecular weight is 871 g/mol. The number of phenols is 1. The van der Waals surface area contributed by atoms with Crippen LogP contribution >= 0.6 is 0 Å². The molecule has 6 amide bonds. The predicted octanol–water partition coefficient (Wildman–Crippen LogP) is 1.80. The van der Waals surface area contributed by atoms with Crippen LogP contribution in [0.2, 0.25) is 0 Å². The Morgan fingerprint density at radius 2 is 1.17 bits per heavy atom. The molecule has 64 heavy (non-hydrogen) atoms. The molecule has 5 aromatic rings. The minimum Gasteiger partial charge on any atom is -0.508 e. The minimum atomic E-state index is -1.36. The van der Waals surface area contributed by atoms with Crippen molar-refractivity contribution in [1.82, 2.24) is 36.5 Å². The Morgan fingerprint density at radius 3 is 1.89 bits per heavy atom. The van der Waals surface area contributed by atoms with Crippen LogP contribution in [-0.4, -0.2) is 105 Å². The lowest BCUT2D eigenvalue weighted by atomic mass is 9.99. The molecule has 2 fully saturated rings. The molecule has 334 valence electrons. The number of H-pyrrole nitrogens is 1. The van der Waals surface area contributed by atoms with Crippen LogP contribution < -0.4 is 32.3 Å². The summed E-state index contributed by atoms with van der Waals surface area (Å²) in [6, 6.07) is 23.3. The smallest absolute Gasteiger partial charge is 0.247 e. The molecule has 0 spiro atoms. The first-order chi connectivity index (χ1) is 31.0. The Hall–Kier alpha value is -7.04. The van der Waals surface area contributed by atoms with Crippen LogP contribution in [0.15, 0.2) is 115 Å². The Labute approximate surface area is 370 Å². The van der Waals surface area contributed by atoms with Crippen LogP contribution in [0.1, 0.15) is 54.0 Å². The summed E-state index contributed by atoms with van der Waals surface area (Å²) in [6.07, 6.45) is 1.50. The van der Waals surface area contributed by atoms with Gasteiger partial charge in [-0.15, -0.1) is 0 Å². The summed E-state index contributed by atoms with van der Waals surface area (Å²) in [4.78, 5) is 91.8. The van der Waals surface area contributed by atoms with E-state index in [-0.39, 0.29) is 44.4 Å². The number of amides is 6. The molecular weight excluding hydrogens is 817 g/mol. The van der Waals surface area contributed by atoms with Crippen molar-refractivity contribution in [3.8, 4) is 5.75 Å². The number of carbonyl (C=O) groups is 6. The summed E-state index contributed by atoms with van der Waals surface area (Å²) >= 11 is 0. The highest BCUT2D eigenvalue weighted by Gasteiger charge is 2.43. The molecule has 0 bridgehead atoms. The number of hydrogen-bond donors (Lipinski definition) is 9. The summed E-state index contributed by atoms with van der Waals surface area (Å²) in [7, 11) is 0. The first-order valence-electron chi connectivity index (χ1n) is 21.6. The second kappa shape index (κ2) is 20.9. The Balaban J connectivity index is 1.31. The van der Waals surface area contributed by atoms with Gasteiger partial charge in [0.15, 0.2) is 0 Å². The van der Waals surface area contributed by atoms with Crippen LogP contribution in [0.5, 0.6) is 5.75 Å². The summed E-state index contributed by atoms with van der Waals surface area (Å²) in [6.45, 7) is 0.0943. The summed E-state index contributed by atoms with van der Waals surface area (Å²) in [5.74, 6) is -4.22. The number of aromatic hydroxyl groups is 1. The van der Waals surface area contributed by atoms with Gasteiger partial charge in [-0.05, 0) is 66.3 Å². The molecule has 0 aliphatic carbocycles. The predicted molar refractivity (Wildman–Crippen MR) is 238 cm³/mol. The van der Waals surface area contributed by atoms with E-state index in [9.17, 15) is 39.0 Å². The number of carbonyl (C=O) groups excluding carboxylic acids is 6. The van der Waals surface area contributed by atoms with Crippen molar-refractivity contribution in [1.29, 1.82) is 0 Å². The highest BCUT2D eigenvalue weighted by molar-refractivity contribution is 5.99. The Bertz CT molecular complexity index is 2430. The zero-order chi connectivity index (χ0) is 45.2. The maximum atomic E-state index is 14.7. The number of phenolic OH excluding ortho intramolecular Hbond substituents is 1. The fraction of sp³-hybridized carbons (Fsp3) is 0.333. The second-order valence-corrected chi connectivity index (χ2v) is 16.4. The molecule has 10 N–H and O–H groups in total. The number of rotatable bonds is 11. The van der Waals surface area contributed by atoms with Gasteiger partial charge >= 0.3 is 0 Å². The standard InChI is InChI=1S/C48H54N8O8/c49-22-10-9-17-37-43(59)52-38(23-30-18-20-33(57)21-19-30)44(60)54-40(24-29-11-3-1-4-12-29)48(64)56-28-34(58)26-41(56)46(62)55-42(31-13-5-2-6-14-31)47(63)53-39(45(61)51-37)25-32-27-50-36-16-8-7-15-35(32)36/h1-8,11-16,18-21,27,34,37-42,50,57-58H,9-10,17,22-26,28,49H2,(H,51,61)(H,52,59)(H,53,63)(H,54,60)(H,55,62)/t34-,37+,38+,39-,40+,41+,42+/m1/s1. The van der Waals surface area contributed by atoms with Gasteiger partial charge in [-0.25, -0.2) is 0 Å². The van der Waals surface area contributed by atoms with Gasteiger partial charge in [0.2, 0.25) is 35.4 Å². The van der Waals surface area contributed by atoms with Crippen molar-refractivity contribution in [3.63, 3.8) is 0 Å². The number of nitrogens with one attached hydrogen (secondary N) is 6. The minimum absolute atomic E-state index is 0.00312. The van der Waals surface area contributed by atoms with Gasteiger partial charge < -0.3 is 52.4 Å². The first-order valence-corrected chi connectivity index (χ1v) is 21.6. The fourth-order valence-corrected chi connectivity index (χ4v) is 8.38. The van der Waals surface area contributed by atoms with Crippen molar-refractivity contribution in [3.05, 3.63) is 138 Å².